The quantitative estimate of drug-likeness (QED) is 0.718. The average molecular weight is 308 g/mol. The summed E-state index contributed by atoms with van der Waals surface area (Å²) in [6, 6.07) is 6.97. The average Bonchev–Trinajstić information content (AvgIpc) is 3.14. The molecule has 0 fully saturated rings. The summed E-state index contributed by atoms with van der Waals surface area (Å²) in [7, 11) is 0. The van der Waals surface area contributed by atoms with Gasteiger partial charge in [-0.1, -0.05) is 6.07 Å². The van der Waals surface area contributed by atoms with Gasteiger partial charge in [0.1, 0.15) is 11.4 Å². The van der Waals surface area contributed by atoms with Crippen molar-refractivity contribution in [2.24, 2.45) is 0 Å². The number of rotatable bonds is 5. The zero-order valence-electron chi connectivity index (χ0n) is 11.5. The van der Waals surface area contributed by atoms with Crippen molar-refractivity contribution < 1.29 is 19.1 Å². The Bertz CT molecular complexity index is 591. The van der Waals surface area contributed by atoms with Crippen molar-refractivity contribution in [3.8, 4) is 0 Å². The Labute approximate surface area is 125 Å². The third-order valence-corrected chi connectivity index (χ3v) is 3.98. The van der Waals surface area contributed by atoms with Crippen LogP contribution in [-0.2, 0) is 21.7 Å². The fourth-order valence-corrected chi connectivity index (χ4v) is 2.45. The molecule has 0 aliphatic carbocycles. The maximum Gasteiger partial charge on any atom is 0.309 e. The molecule has 1 atom stereocenters. The first-order valence-corrected chi connectivity index (χ1v) is 7.22. The summed E-state index contributed by atoms with van der Waals surface area (Å²) < 4.78 is 5.04. The third kappa shape index (κ3) is 4.17. The maximum absolute atomic E-state index is 11.7. The lowest BCUT2D eigenvalue weighted by atomic mass is 10.1. The second-order valence-corrected chi connectivity index (χ2v) is 5.64. The molecule has 0 bridgehead atoms. The number of hydrogen-bond donors (Lipinski definition) is 3. The van der Waals surface area contributed by atoms with Crippen molar-refractivity contribution in [1.82, 2.24) is 10.6 Å². The number of nitrogens with one attached hydrogen (secondary N) is 2. The Morgan fingerprint density at radius 2 is 2.05 bits per heavy atom. The SMILES string of the molecule is CC(O)(CNC(=O)C(=O)NCc1ccco1)c1cccs1. The molecule has 7 heteroatoms. The summed E-state index contributed by atoms with van der Waals surface area (Å²) in [5, 5.41) is 16.9. The molecule has 2 aromatic heterocycles. The lowest BCUT2D eigenvalue weighted by Gasteiger charge is -2.22. The molecule has 0 radical (unpaired) electrons. The van der Waals surface area contributed by atoms with E-state index in [1.165, 1.54) is 17.6 Å². The van der Waals surface area contributed by atoms with Gasteiger partial charge in [-0.2, -0.15) is 0 Å². The second-order valence-electron chi connectivity index (χ2n) is 4.70. The Hall–Kier alpha value is -2.12. The predicted octanol–water partition coefficient (Wildman–Crippen LogP) is 0.981. The lowest BCUT2D eigenvalue weighted by molar-refractivity contribution is -0.139. The highest BCUT2D eigenvalue weighted by Crippen LogP contribution is 2.24. The molecule has 6 nitrogen and oxygen atoms in total. The first-order valence-electron chi connectivity index (χ1n) is 6.34. The Balaban J connectivity index is 1.80. The van der Waals surface area contributed by atoms with Crippen molar-refractivity contribution in [2.45, 2.75) is 19.1 Å². The van der Waals surface area contributed by atoms with Crippen molar-refractivity contribution in [3.05, 3.63) is 46.5 Å². The topological polar surface area (TPSA) is 91.6 Å². The third-order valence-electron chi connectivity index (χ3n) is 2.85. The number of amides is 2. The van der Waals surface area contributed by atoms with E-state index >= 15 is 0 Å². The van der Waals surface area contributed by atoms with Gasteiger partial charge >= 0.3 is 11.8 Å². The molecule has 2 heterocycles. The summed E-state index contributed by atoms with van der Waals surface area (Å²) in [4.78, 5) is 24.0. The van der Waals surface area contributed by atoms with Gasteiger partial charge in [-0.15, -0.1) is 11.3 Å². The van der Waals surface area contributed by atoms with E-state index in [0.29, 0.717) is 5.76 Å². The molecule has 2 rings (SSSR count). The fraction of sp³-hybridized carbons (Fsp3) is 0.286. The van der Waals surface area contributed by atoms with Gasteiger partial charge in [-0.05, 0) is 30.5 Å². The van der Waals surface area contributed by atoms with Crippen LogP contribution in [0.3, 0.4) is 0 Å². The van der Waals surface area contributed by atoms with Crippen LogP contribution in [0.2, 0.25) is 0 Å². The number of carbonyl (C=O) groups excluding carboxylic acids is 2. The molecule has 0 aliphatic heterocycles. The first-order chi connectivity index (χ1) is 9.99. The van der Waals surface area contributed by atoms with Crippen LogP contribution in [-0.4, -0.2) is 23.5 Å². The number of hydrogen-bond acceptors (Lipinski definition) is 5. The smallest absolute Gasteiger partial charge is 0.309 e. The molecule has 112 valence electrons. The van der Waals surface area contributed by atoms with Crippen LogP contribution in [0, 0.1) is 0 Å². The molecule has 0 saturated carbocycles. The van der Waals surface area contributed by atoms with Gasteiger partial charge in [0.25, 0.3) is 0 Å². The van der Waals surface area contributed by atoms with E-state index in [-0.39, 0.29) is 13.1 Å². The molecule has 0 spiro atoms. The van der Waals surface area contributed by atoms with E-state index in [4.69, 9.17) is 4.42 Å². The van der Waals surface area contributed by atoms with Crippen LogP contribution in [0.25, 0.3) is 0 Å². The standard InChI is InChI=1S/C14H16N2O4S/c1-14(19,11-5-3-7-21-11)9-16-13(18)12(17)15-8-10-4-2-6-20-10/h2-7,19H,8-9H2,1H3,(H,15,17)(H,16,18). The molecular weight excluding hydrogens is 292 g/mol. The number of furan rings is 1. The van der Waals surface area contributed by atoms with Gasteiger partial charge in [0.2, 0.25) is 0 Å². The summed E-state index contributed by atoms with van der Waals surface area (Å²) in [5.74, 6) is -1.01. The Morgan fingerprint density at radius 3 is 2.67 bits per heavy atom. The largest absolute Gasteiger partial charge is 0.467 e. The van der Waals surface area contributed by atoms with Crippen molar-refractivity contribution in [1.29, 1.82) is 0 Å². The highest BCUT2D eigenvalue weighted by atomic mass is 32.1. The van der Waals surface area contributed by atoms with E-state index in [1.54, 1.807) is 25.1 Å². The predicted molar refractivity (Wildman–Crippen MR) is 77.5 cm³/mol. The minimum atomic E-state index is -1.20. The van der Waals surface area contributed by atoms with Crippen LogP contribution >= 0.6 is 11.3 Å². The van der Waals surface area contributed by atoms with Crippen LogP contribution in [0.4, 0.5) is 0 Å². The second kappa shape index (κ2) is 6.55. The van der Waals surface area contributed by atoms with Crippen molar-refractivity contribution >= 4 is 23.2 Å². The molecule has 0 saturated heterocycles. The van der Waals surface area contributed by atoms with E-state index in [1.807, 2.05) is 11.4 Å². The van der Waals surface area contributed by atoms with Gasteiger partial charge in [0, 0.05) is 4.88 Å². The Kier molecular flexibility index (Phi) is 4.77. The summed E-state index contributed by atoms with van der Waals surface area (Å²) in [6.45, 7) is 1.68. The highest BCUT2D eigenvalue weighted by Gasteiger charge is 2.26. The molecule has 2 aromatic rings. The van der Waals surface area contributed by atoms with Crippen LogP contribution in [0.5, 0.6) is 0 Å². The summed E-state index contributed by atoms with van der Waals surface area (Å²) in [6.07, 6.45) is 1.49. The maximum atomic E-state index is 11.7. The van der Waals surface area contributed by atoms with Gasteiger partial charge in [-0.3, -0.25) is 9.59 Å². The summed E-state index contributed by atoms with van der Waals surface area (Å²) in [5.41, 5.74) is -1.20. The zero-order chi connectivity index (χ0) is 15.3. The van der Waals surface area contributed by atoms with E-state index in [2.05, 4.69) is 10.6 Å². The normalized spacial score (nSPS) is 13.4. The monoisotopic (exact) mass is 308 g/mol. The highest BCUT2D eigenvalue weighted by molar-refractivity contribution is 7.10. The van der Waals surface area contributed by atoms with Gasteiger partial charge in [0.15, 0.2) is 0 Å². The van der Waals surface area contributed by atoms with E-state index < -0.39 is 17.4 Å². The molecule has 0 aromatic carbocycles. The van der Waals surface area contributed by atoms with Gasteiger partial charge in [0.05, 0.1) is 19.4 Å². The minimum Gasteiger partial charge on any atom is -0.467 e. The molecule has 3 N–H and O–H groups in total. The van der Waals surface area contributed by atoms with Crippen LogP contribution in [0.1, 0.15) is 17.6 Å². The molecular formula is C14H16N2O4S. The number of thiophene rings is 1. The molecule has 2 amide bonds. The zero-order valence-corrected chi connectivity index (χ0v) is 12.3. The Morgan fingerprint density at radius 1 is 1.29 bits per heavy atom. The first kappa shape index (κ1) is 15.3. The van der Waals surface area contributed by atoms with Crippen LogP contribution in [0.15, 0.2) is 40.3 Å². The lowest BCUT2D eigenvalue weighted by Crippen LogP contribution is -2.45. The summed E-state index contributed by atoms with van der Waals surface area (Å²) >= 11 is 1.38. The van der Waals surface area contributed by atoms with E-state index in [0.717, 1.165) is 4.88 Å². The fourth-order valence-electron chi connectivity index (χ4n) is 1.67. The van der Waals surface area contributed by atoms with Crippen molar-refractivity contribution in [2.75, 3.05) is 6.54 Å². The molecule has 1 unspecified atom stereocenters. The minimum absolute atomic E-state index is 0.0412. The van der Waals surface area contributed by atoms with Crippen molar-refractivity contribution in [3.63, 3.8) is 0 Å². The number of aliphatic hydroxyl groups is 1. The molecule has 21 heavy (non-hydrogen) atoms. The van der Waals surface area contributed by atoms with Crippen LogP contribution < -0.4 is 10.6 Å². The van der Waals surface area contributed by atoms with Gasteiger partial charge in [-0.25, -0.2) is 0 Å². The molecule has 0 aliphatic rings. The van der Waals surface area contributed by atoms with Gasteiger partial charge < -0.3 is 20.2 Å². The number of carbonyl (C=O) groups is 2. The van der Waals surface area contributed by atoms with E-state index in [9.17, 15) is 14.7 Å².